The van der Waals surface area contributed by atoms with Crippen molar-refractivity contribution < 1.29 is 14.3 Å². The van der Waals surface area contributed by atoms with Crippen LogP contribution in [-0.2, 0) is 16.1 Å². The van der Waals surface area contributed by atoms with Crippen molar-refractivity contribution >= 4 is 23.3 Å². The number of nitrogens with two attached hydrogens (primary N) is 1. The van der Waals surface area contributed by atoms with Gasteiger partial charge in [0, 0.05) is 6.54 Å². The SMILES string of the molecule is NC(=S)[C@H]1CN(C(=O)OCc2ccccc2)CCO1. The van der Waals surface area contributed by atoms with Gasteiger partial charge in [0.15, 0.2) is 0 Å². The average molecular weight is 280 g/mol. The fourth-order valence-corrected chi connectivity index (χ4v) is 1.94. The molecule has 1 aliphatic heterocycles. The van der Waals surface area contributed by atoms with E-state index < -0.39 is 0 Å². The summed E-state index contributed by atoms with van der Waals surface area (Å²) in [7, 11) is 0. The van der Waals surface area contributed by atoms with Crippen molar-refractivity contribution in [2.75, 3.05) is 19.7 Å². The first-order valence-corrected chi connectivity index (χ1v) is 6.44. The molecule has 0 saturated carbocycles. The summed E-state index contributed by atoms with van der Waals surface area (Å²) in [6.07, 6.45) is -0.749. The highest BCUT2D eigenvalue weighted by Gasteiger charge is 2.26. The molecule has 0 radical (unpaired) electrons. The van der Waals surface area contributed by atoms with Crippen LogP contribution in [0, 0.1) is 0 Å². The van der Waals surface area contributed by atoms with E-state index in [0.29, 0.717) is 19.7 Å². The van der Waals surface area contributed by atoms with Gasteiger partial charge in [-0.2, -0.15) is 0 Å². The lowest BCUT2D eigenvalue weighted by Crippen LogP contribution is -2.50. The van der Waals surface area contributed by atoms with E-state index in [1.807, 2.05) is 30.3 Å². The number of thiocarbonyl (C=S) groups is 1. The van der Waals surface area contributed by atoms with Crippen molar-refractivity contribution in [1.82, 2.24) is 4.90 Å². The van der Waals surface area contributed by atoms with E-state index in [2.05, 4.69) is 0 Å². The van der Waals surface area contributed by atoms with Gasteiger partial charge >= 0.3 is 6.09 Å². The quantitative estimate of drug-likeness (QED) is 0.846. The number of hydrogen-bond donors (Lipinski definition) is 1. The molecule has 1 heterocycles. The first-order chi connectivity index (χ1) is 9.16. The first-order valence-electron chi connectivity index (χ1n) is 6.03. The highest BCUT2D eigenvalue weighted by Crippen LogP contribution is 2.09. The molecule has 102 valence electrons. The molecule has 1 amide bonds. The monoisotopic (exact) mass is 280 g/mol. The normalized spacial score (nSPS) is 18.9. The Morgan fingerprint density at radius 3 is 2.89 bits per heavy atom. The lowest BCUT2D eigenvalue weighted by molar-refractivity contribution is 0.00192. The van der Waals surface area contributed by atoms with Gasteiger partial charge in [0.2, 0.25) is 0 Å². The van der Waals surface area contributed by atoms with Gasteiger partial charge in [0.25, 0.3) is 0 Å². The Hall–Kier alpha value is -1.66. The molecule has 6 heteroatoms. The summed E-state index contributed by atoms with van der Waals surface area (Å²) in [5, 5.41) is 0. The highest BCUT2D eigenvalue weighted by atomic mass is 32.1. The van der Waals surface area contributed by atoms with Crippen molar-refractivity contribution in [1.29, 1.82) is 0 Å². The summed E-state index contributed by atoms with van der Waals surface area (Å²) in [5.74, 6) is 0. The maximum atomic E-state index is 11.9. The van der Waals surface area contributed by atoms with Gasteiger partial charge in [-0.3, -0.25) is 0 Å². The van der Waals surface area contributed by atoms with Gasteiger partial charge < -0.3 is 20.1 Å². The Labute approximate surface area is 117 Å². The Morgan fingerprint density at radius 2 is 2.21 bits per heavy atom. The molecular formula is C13H16N2O3S. The summed E-state index contributed by atoms with van der Waals surface area (Å²) in [6.45, 7) is 1.52. The van der Waals surface area contributed by atoms with E-state index in [1.165, 1.54) is 0 Å². The lowest BCUT2D eigenvalue weighted by atomic mass is 10.2. The lowest BCUT2D eigenvalue weighted by Gasteiger charge is -2.31. The molecule has 1 aliphatic rings. The van der Waals surface area contributed by atoms with Gasteiger partial charge in [-0.25, -0.2) is 4.79 Å². The Bertz CT molecular complexity index is 452. The third kappa shape index (κ3) is 3.90. The number of rotatable bonds is 3. The zero-order valence-electron chi connectivity index (χ0n) is 10.5. The van der Waals surface area contributed by atoms with Crippen LogP contribution in [0.1, 0.15) is 5.56 Å². The van der Waals surface area contributed by atoms with E-state index in [0.717, 1.165) is 5.56 Å². The average Bonchev–Trinajstić information content (AvgIpc) is 2.46. The van der Waals surface area contributed by atoms with Crippen molar-refractivity contribution in [2.45, 2.75) is 12.7 Å². The van der Waals surface area contributed by atoms with Crippen LogP contribution in [0.5, 0.6) is 0 Å². The van der Waals surface area contributed by atoms with Gasteiger partial charge in [-0.1, -0.05) is 42.5 Å². The summed E-state index contributed by atoms with van der Waals surface area (Å²) in [5.41, 5.74) is 6.48. The number of benzene rings is 1. The fourth-order valence-electron chi connectivity index (χ4n) is 1.80. The highest BCUT2D eigenvalue weighted by molar-refractivity contribution is 7.80. The molecule has 0 unspecified atom stereocenters. The van der Waals surface area contributed by atoms with Crippen LogP contribution in [0.3, 0.4) is 0 Å². The van der Waals surface area contributed by atoms with Crippen molar-refractivity contribution in [3.05, 3.63) is 35.9 Å². The van der Waals surface area contributed by atoms with Crippen LogP contribution in [0.25, 0.3) is 0 Å². The number of morpholine rings is 1. The third-order valence-corrected chi connectivity index (χ3v) is 3.11. The Balaban J connectivity index is 1.84. The van der Waals surface area contributed by atoms with E-state index in [4.69, 9.17) is 27.4 Å². The van der Waals surface area contributed by atoms with Crippen LogP contribution in [0.2, 0.25) is 0 Å². The molecule has 5 nitrogen and oxygen atoms in total. The number of carbonyl (C=O) groups is 1. The van der Waals surface area contributed by atoms with E-state index in [9.17, 15) is 4.79 Å². The van der Waals surface area contributed by atoms with Crippen molar-refractivity contribution in [3.8, 4) is 0 Å². The van der Waals surface area contributed by atoms with Gasteiger partial charge in [-0.15, -0.1) is 0 Å². The maximum Gasteiger partial charge on any atom is 0.410 e. The first kappa shape index (κ1) is 13.8. The molecule has 0 spiro atoms. The standard InChI is InChI=1S/C13H16N2O3S/c14-12(19)11-8-15(6-7-17-11)13(16)18-9-10-4-2-1-3-5-10/h1-5,11H,6-9H2,(H2,14,19)/t11-/m1/s1. The third-order valence-electron chi connectivity index (χ3n) is 2.85. The summed E-state index contributed by atoms with van der Waals surface area (Å²) < 4.78 is 10.6. The van der Waals surface area contributed by atoms with E-state index >= 15 is 0 Å². The Kier molecular flexibility index (Phi) is 4.70. The maximum absolute atomic E-state index is 11.9. The molecule has 0 aliphatic carbocycles. The van der Waals surface area contributed by atoms with Crippen molar-refractivity contribution in [3.63, 3.8) is 0 Å². The van der Waals surface area contributed by atoms with Gasteiger partial charge in [0.05, 0.1) is 13.2 Å². The summed E-state index contributed by atoms with van der Waals surface area (Å²) in [4.78, 5) is 13.7. The molecule has 19 heavy (non-hydrogen) atoms. The minimum Gasteiger partial charge on any atom is -0.445 e. The number of amides is 1. The molecule has 2 N–H and O–H groups in total. The molecule has 1 aromatic carbocycles. The zero-order chi connectivity index (χ0) is 13.7. The second-order valence-corrected chi connectivity index (χ2v) is 4.72. The van der Waals surface area contributed by atoms with E-state index in [1.54, 1.807) is 4.90 Å². The minimum atomic E-state index is -0.381. The van der Waals surface area contributed by atoms with Crippen LogP contribution in [0.4, 0.5) is 4.79 Å². The predicted octanol–water partition coefficient (Wildman–Crippen LogP) is 1.31. The second kappa shape index (κ2) is 6.49. The zero-order valence-corrected chi connectivity index (χ0v) is 11.3. The Morgan fingerprint density at radius 1 is 1.47 bits per heavy atom. The van der Waals surface area contributed by atoms with Gasteiger partial charge in [0.1, 0.15) is 17.7 Å². The molecule has 1 aromatic rings. The van der Waals surface area contributed by atoms with Crippen LogP contribution in [0.15, 0.2) is 30.3 Å². The molecule has 1 fully saturated rings. The van der Waals surface area contributed by atoms with Crippen LogP contribution < -0.4 is 5.73 Å². The molecule has 0 bridgehead atoms. The molecule has 0 aromatic heterocycles. The molecular weight excluding hydrogens is 264 g/mol. The second-order valence-electron chi connectivity index (χ2n) is 4.25. The van der Waals surface area contributed by atoms with Crippen LogP contribution >= 0.6 is 12.2 Å². The number of carbonyl (C=O) groups excluding carboxylic acids is 1. The number of hydrogen-bond acceptors (Lipinski definition) is 4. The summed E-state index contributed by atoms with van der Waals surface area (Å²) in [6, 6.07) is 9.54. The number of ether oxygens (including phenoxy) is 2. The predicted molar refractivity (Wildman–Crippen MR) is 74.7 cm³/mol. The molecule has 1 saturated heterocycles. The fraction of sp³-hybridized carbons (Fsp3) is 0.385. The molecule has 1 atom stereocenters. The minimum absolute atomic E-state index is 0.259. The van der Waals surface area contributed by atoms with Crippen LogP contribution in [-0.4, -0.2) is 41.8 Å². The molecule has 2 rings (SSSR count). The summed E-state index contributed by atoms with van der Waals surface area (Å²) >= 11 is 4.87. The largest absolute Gasteiger partial charge is 0.445 e. The number of nitrogens with zero attached hydrogens (tertiary/aromatic N) is 1. The van der Waals surface area contributed by atoms with Crippen molar-refractivity contribution in [2.24, 2.45) is 5.73 Å². The topological polar surface area (TPSA) is 64.8 Å². The smallest absolute Gasteiger partial charge is 0.410 e. The van der Waals surface area contributed by atoms with E-state index in [-0.39, 0.29) is 23.8 Å². The van der Waals surface area contributed by atoms with Gasteiger partial charge in [-0.05, 0) is 5.56 Å².